The van der Waals surface area contributed by atoms with Gasteiger partial charge in [0.15, 0.2) is 17.3 Å². The largest absolute Gasteiger partial charge is 0.504 e. The molecule has 0 heterocycles. The molecule has 0 aliphatic heterocycles. The van der Waals surface area contributed by atoms with Crippen molar-refractivity contribution in [3.05, 3.63) is 23.2 Å². The molecule has 0 aromatic rings. The van der Waals surface area contributed by atoms with E-state index in [9.17, 15) is 14.7 Å². The van der Waals surface area contributed by atoms with E-state index in [-0.39, 0.29) is 5.57 Å². The van der Waals surface area contributed by atoms with Crippen molar-refractivity contribution in [3.8, 4) is 0 Å². The minimum atomic E-state index is -0.865. The number of carbonyl (C=O) groups is 2. The Kier molecular flexibility index (Phi) is 3.06. The Labute approximate surface area is 81.6 Å². The fraction of sp³-hybridized carbons (Fsp3) is 0.400. The number of aliphatic hydroxyl groups is 2. The van der Waals surface area contributed by atoms with E-state index in [1.165, 1.54) is 0 Å². The molecule has 0 atom stereocenters. The van der Waals surface area contributed by atoms with E-state index in [2.05, 4.69) is 0 Å². The number of rotatable bonds is 3. The van der Waals surface area contributed by atoms with Crippen LogP contribution in [-0.2, 0) is 9.59 Å². The summed E-state index contributed by atoms with van der Waals surface area (Å²) >= 11 is 0. The molecule has 1 rings (SSSR count). The molecule has 0 unspecified atom stereocenters. The van der Waals surface area contributed by atoms with Gasteiger partial charge in [0.25, 0.3) is 5.78 Å². The van der Waals surface area contributed by atoms with Gasteiger partial charge in [0, 0.05) is 11.6 Å². The van der Waals surface area contributed by atoms with Crippen LogP contribution in [0.3, 0.4) is 0 Å². The quantitative estimate of drug-likeness (QED) is 0.672. The Morgan fingerprint density at radius 1 is 1.29 bits per heavy atom. The highest BCUT2D eigenvalue weighted by Gasteiger charge is 2.27. The molecule has 0 saturated heterocycles. The van der Waals surface area contributed by atoms with Gasteiger partial charge in [-0.15, -0.1) is 0 Å². The maximum atomic E-state index is 11.3. The summed E-state index contributed by atoms with van der Waals surface area (Å²) in [5, 5.41) is 18.3. The first-order valence-corrected chi connectivity index (χ1v) is 4.49. The van der Waals surface area contributed by atoms with Crippen LogP contribution in [0.5, 0.6) is 0 Å². The van der Waals surface area contributed by atoms with Gasteiger partial charge in [0.2, 0.25) is 0 Å². The third-order valence-electron chi connectivity index (χ3n) is 2.08. The number of carbonyl (C=O) groups excluding carboxylic acids is 2. The minimum absolute atomic E-state index is 0.106. The van der Waals surface area contributed by atoms with Crippen LogP contribution >= 0.6 is 0 Å². The molecule has 0 amide bonds. The first kappa shape index (κ1) is 10.5. The monoisotopic (exact) mass is 196 g/mol. The van der Waals surface area contributed by atoms with Crippen molar-refractivity contribution >= 4 is 11.6 Å². The number of unbranched alkanes of at least 4 members (excludes halogenated alkanes) is 1. The summed E-state index contributed by atoms with van der Waals surface area (Å²) in [4.78, 5) is 22.3. The van der Waals surface area contributed by atoms with Gasteiger partial charge in [-0.1, -0.05) is 13.3 Å². The predicted molar refractivity (Wildman–Crippen MR) is 49.9 cm³/mol. The van der Waals surface area contributed by atoms with Crippen LogP contribution in [0.15, 0.2) is 23.2 Å². The second-order valence-corrected chi connectivity index (χ2v) is 3.15. The zero-order valence-corrected chi connectivity index (χ0v) is 7.91. The first-order valence-electron chi connectivity index (χ1n) is 4.49. The molecule has 0 fully saturated rings. The molecule has 76 valence electrons. The van der Waals surface area contributed by atoms with Crippen LogP contribution in [0.2, 0.25) is 0 Å². The van der Waals surface area contributed by atoms with Gasteiger partial charge >= 0.3 is 0 Å². The lowest BCUT2D eigenvalue weighted by atomic mass is 9.96. The maximum absolute atomic E-state index is 11.3. The molecule has 1 aliphatic rings. The summed E-state index contributed by atoms with van der Waals surface area (Å²) in [7, 11) is 0. The van der Waals surface area contributed by atoms with Crippen LogP contribution in [0, 0.1) is 0 Å². The van der Waals surface area contributed by atoms with Gasteiger partial charge in [-0.2, -0.15) is 0 Å². The smallest absolute Gasteiger partial charge is 0.262 e. The lowest BCUT2D eigenvalue weighted by Crippen LogP contribution is -2.19. The zero-order chi connectivity index (χ0) is 10.7. The van der Waals surface area contributed by atoms with Crippen LogP contribution in [-0.4, -0.2) is 21.8 Å². The van der Waals surface area contributed by atoms with Crippen molar-refractivity contribution in [2.45, 2.75) is 26.2 Å². The number of ketones is 2. The van der Waals surface area contributed by atoms with Crippen molar-refractivity contribution in [3.63, 3.8) is 0 Å². The molecule has 4 nitrogen and oxygen atoms in total. The molecule has 0 radical (unpaired) electrons. The van der Waals surface area contributed by atoms with Crippen molar-refractivity contribution in [1.82, 2.24) is 0 Å². The van der Waals surface area contributed by atoms with Crippen LogP contribution in [0.4, 0.5) is 0 Å². The average Bonchev–Trinajstić information content (AvgIpc) is 2.14. The standard InChI is InChI=1S/C10H12O4/c1-2-3-4-6-7(11)5-8(12)10(14)9(6)13/h5,12-13H,2-4H2,1H3. The number of allylic oxidation sites excluding steroid dienone is 2. The van der Waals surface area contributed by atoms with Gasteiger partial charge in [0.1, 0.15) is 0 Å². The van der Waals surface area contributed by atoms with Crippen LogP contribution < -0.4 is 0 Å². The van der Waals surface area contributed by atoms with E-state index in [0.29, 0.717) is 6.42 Å². The summed E-state index contributed by atoms with van der Waals surface area (Å²) in [5.41, 5.74) is 0.106. The third-order valence-corrected chi connectivity index (χ3v) is 2.08. The SMILES string of the molecule is CCCCC1=C(O)C(=O)C(O)=CC1=O. The van der Waals surface area contributed by atoms with Crippen LogP contribution in [0.25, 0.3) is 0 Å². The molecule has 0 aromatic carbocycles. The molecule has 0 bridgehead atoms. The molecule has 0 spiro atoms. The van der Waals surface area contributed by atoms with Gasteiger partial charge in [-0.3, -0.25) is 9.59 Å². The Morgan fingerprint density at radius 3 is 2.50 bits per heavy atom. The Balaban J connectivity index is 2.92. The van der Waals surface area contributed by atoms with Crippen molar-refractivity contribution in [1.29, 1.82) is 0 Å². The normalized spacial score (nSPS) is 17.4. The van der Waals surface area contributed by atoms with E-state index < -0.39 is 23.1 Å². The van der Waals surface area contributed by atoms with E-state index >= 15 is 0 Å². The second kappa shape index (κ2) is 4.09. The fourth-order valence-electron chi connectivity index (χ4n) is 1.25. The predicted octanol–water partition coefficient (Wildman–Crippen LogP) is 1.58. The van der Waals surface area contributed by atoms with Crippen molar-refractivity contribution in [2.75, 3.05) is 0 Å². The van der Waals surface area contributed by atoms with Gasteiger partial charge in [-0.25, -0.2) is 0 Å². The van der Waals surface area contributed by atoms with Crippen molar-refractivity contribution in [2.24, 2.45) is 0 Å². The second-order valence-electron chi connectivity index (χ2n) is 3.15. The Morgan fingerprint density at radius 2 is 1.93 bits per heavy atom. The summed E-state index contributed by atoms with van der Waals surface area (Å²) < 4.78 is 0. The summed E-state index contributed by atoms with van der Waals surface area (Å²) in [6.07, 6.45) is 2.82. The molecule has 4 heteroatoms. The summed E-state index contributed by atoms with van der Waals surface area (Å²) in [5.74, 6) is -2.64. The van der Waals surface area contributed by atoms with E-state index in [0.717, 1.165) is 18.9 Å². The topological polar surface area (TPSA) is 74.6 Å². The Bertz CT molecular complexity index is 336. The highest BCUT2D eigenvalue weighted by molar-refractivity contribution is 6.20. The minimum Gasteiger partial charge on any atom is -0.504 e. The number of hydrogen-bond donors (Lipinski definition) is 2. The van der Waals surface area contributed by atoms with Gasteiger partial charge in [-0.05, 0) is 12.8 Å². The molecule has 0 saturated carbocycles. The van der Waals surface area contributed by atoms with Gasteiger partial charge < -0.3 is 10.2 Å². The Hall–Kier alpha value is -1.58. The molecule has 2 N–H and O–H groups in total. The highest BCUT2D eigenvalue weighted by Crippen LogP contribution is 2.20. The highest BCUT2D eigenvalue weighted by atomic mass is 16.3. The number of aliphatic hydroxyl groups excluding tert-OH is 2. The molecule has 14 heavy (non-hydrogen) atoms. The van der Waals surface area contributed by atoms with E-state index in [1.807, 2.05) is 6.92 Å². The number of hydrogen-bond acceptors (Lipinski definition) is 4. The van der Waals surface area contributed by atoms with E-state index in [1.54, 1.807) is 0 Å². The summed E-state index contributed by atoms with van der Waals surface area (Å²) in [6, 6.07) is 0. The molecular formula is C10H12O4. The van der Waals surface area contributed by atoms with Crippen molar-refractivity contribution < 1.29 is 19.8 Å². The summed E-state index contributed by atoms with van der Waals surface area (Å²) in [6.45, 7) is 1.94. The lowest BCUT2D eigenvalue weighted by Gasteiger charge is -2.11. The lowest BCUT2D eigenvalue weighted by molar-refractivity contribution is -0.120. The molecule has 0 aromatic heterocycles. The number of Topliss-reactive ketones (excluding diaryl/α,β-unsaturated/α-hetero) is 1. The first-order chi connectivity index (χ1) is 6.57. The zero-order valence-electron chi connectivity index (χ0n) is 7.91. The third kappa shape index (κ3) is 1.84. The molecule has 1 aliphatic carbocycles. The molecular weight excluding hydrogens is 184 g/mol. The fourth-order valence-corrected chi connectivity index (χ4v) is 1.25. The average molecular weight is 196 g/mol. The van der Waals surface area contributed by atoms with E-state index in [4.69, 9.17) is 5.11 Å². The van der Waals surface area contributed by atoms with Crippen LogP contribution in [0.1, 0.15) is 26.2 Å². The van der Waals surface area contributed by atoms with Gasteiger partial charge in [0.05, 0.1) is 0 Å². The maximum Gasteiger partial charge on any atom is 0.262 e.